The quantitative estimate of drug-likeness (QED) is 0.545. The average Bonchev–Trinajstić information content (AvgIpc) is 2.20. The van der Waals surface area contributed by atoms with Crippen molar-refractivity contribution < 1.29 is 9.13 Å². The summed E-state index contributed by atoms with van der Waals surface area (Å²) in [5, 5.41) is 0. The molecular formula is C10H13FN2O. The molecule has 1 fully saturated rings. The first-order valence-electron chi connectivity index (χ1n) is 4.61. The second kappa shape index (κ2) is 3.84. The largest absolute Gasteiger partial charge is 0.399 e. The number of nitrogens with two attached hydrogens (primary N) is 1. The van der Waals surface area contributed by atoms with Gasteiger partial charge in [-0.05, 0) is 24.3 Å². The van der Waals surface area contributed by atoms with E-state index in [1.165, 1.54) is 0 Å². The normalized spacial score (nSPS) is 22.4. The third kappa shape index (κ3) is 1.80. The lowest BCUT2D eigenvalue weighted by molar-refractivity contribution is 0.0497. The summed E-state index contributed by atoms with van der Waals surface area (Å²) >= 11 is 0. The van der Waals surface area contributed by atoms with Crippen molar-refractivity contribution in [3.8, 4) is 0 Å². The molecule has 0 amide bonds. The lowest BCUT2D eigenvalue weighted by Gasteiger charge is -2.32. The van der Waals surface area contributed by atoms with E-state index in [1.807, 2.05) is 12.1 Å². The zero-order valence-electron chi connectivity index (χ0n) is 7.82. The zero-order valence-corrected chi connectivity index (χ0v) is 7.82. The third-order valence-electron chi connectivity index (χ3n) is 2.29. The number of halogens is 1. The number of anilines is 2. The van der Waals surface area contributed by atoms with Gasteiger partial charge in [0.15, 0.2) is 6.30 Å². The molecule has 1 heterocycles. The molecule has 2 rings (SSSR count). The van der Waals surface area contributed by atoms with Gasteiger partial charge in [0.25, 0.3) is 0 Å². The van der Waals surface area contributed by atoms with Gasteiger partial charge in [0.2, 0.25) is 0 Å². The lowest BCUT2D eigenvalue weighted by Crippen LogP contribution is -2.42. The summed E-state index contributed by atoms with van der Waals surface area (Å²) in [7, 11) is 0. The number of hydrogen-bond acceptors (Lipinski definition) is 3. The van der Waals surface area contributed by atoms with E-state index in [-0.39, 0.29) is 6.61 Å². The first kappa shape index (κ1) is 9.27. The smallest absolute Gasteiger partial charge is 0.196 e. The van der Waals surface area contributed by atoms with Crippen LogP contribution in [0.15, 0.2) is 24.3 Å². The number of alkyl halides is 1. The standard InChI is InChI=1S/C10H13FN2O/c11-10-7-14-6-5-13(10)9-3-1-8(12)2-4-9/h1-4,10H,5-7,12H2. The number of morpholine rings is 1. The van der Waals surface area contributed by atoms with Crippen molar-refractivity contribution in [1.82, 2.24) is 0 Å². The fraction of sp³-hybridized carbons (Fsp3) is 0.400. The van der Waals surface area contributed by atoms with Gasteiger partial charge >= 0.3 is 0 Å². The van der Waals surface area contributed by atoms with E-state index >= 15 is 0 Å². The summed E-state index contributed by atoms with van der Waals surface area (Å²) < 4.78 is 18.4. The Bertz CT molecular complexity index is 301. The molecule has 1 atom stereocenters. The molecule has 1 aliphatic heterocycles. The number of ether oxygens (including phenoxy) is 1. The first-order chi connectivity index (χ1) is 6.77. The van der Waals surface area contributed by atoms with Crippen LogP contribution in [-0.4, -0.2) is 26.1 Å². The molecule has 1 aromatic carbocycles. The summed E-state index contributed by atoms with van der Waals surface area (Å²) in [6.45, 7) is 1.31. The van der Waals surface area contributed by atoms with Crippen LogP contribution >= 0.6 is 0 Å². The molecule has 76 valence electrons. The molecule has 0 bridgehead atoms. The number of rotatable bonds is 1. The summed E-state index contributed by atoms with van der Waals surface area (Å²) in [5.74, 6) is 0. The second-order valence-electron chi connectivity index (χ2n) is 3.29. The van der Waals surface area contributed by atoms with E-state index in [0.29, 0.717) is 18.8 Å². The van der Waals surface area contributed by atoms with Crippen LogP contribution in [0.3, 0.4) is 0 Å². The van der Waals surface area contributed by atoms with Crippen molar-refractivity contribution in [2.45, 2.75) is 6.30 Å². The predicted octanol–water partition coefficient (Wildman–Crippen LogP) is 1.40. The van der Waals surface area contributed by atoms with Crippen molar-refractivity contribution in [2.75, 3.05) is 30.4 Å². The second-order valence-corrected chi connectivity index (χ2v) is 3.29. The molecule has 1 unspecified atom stereocenters. The van der Waals surface area contributed by atoms with Crippen LogP contribution in [0, 0.1) is 0 Å². The van der Waals surface area contributed by atoms with Crippen LogP contribution in [0.5, 0.6) is 0 Å². The highest BCUT2D eigenvalue weighted by atomic mass is 19.1. The van der Waals surface area contributed by atoms with Crippen LogP contribution in [-0.2, 0) is 4.74 Å². The molecule has 14 heavy (non-hydrogen) atoms. The van der Waals surface area contributed by atoms with Crippen molar-refractivity contribution >= 4 is 11.4 Å². The molecule has 0 aliphatic carbocycles. The Labute approximate surface area is 82.3 Å². The summed E-state index contributed by atoms with van der Waals surface area (Å²) in [6.07, 6.45) is -1.05. The van der Waals surface area contributed by atoms with Gasteiger partial charge in [-0.2, -0.15) is 0 Å². The Hall–Kier alpha value is -1.29. The zero-order chi connectivity index (χ0) is 9.97. The predicted molar refractivity (Wildman–Crippen MR) is 53.9 cm³/mol. The molecule has 0 saturated carbocycles. The van der Waals surface area contributed by atoms with Crippen LogP contribution in [0.4, 0.5) is 15.8 Å². The van der Waals surface area contributed by atoms with Gasteiger partial charge in [-0.1, -0.05) is 0 Å². The maximum absolute atomic E-state index is 13.4. The molecule has 0 aromatic heterocycles. The first-order valence-corrected chi connectivity index (χ1v) is 4.61. The minimum Gasteiger partial charge on any atom is -0.399 e. The Morgan fingerprint density at radius 2 is 2.07 bits per heavy atom. The molecule has 1 aliphatic rings. The van der Waals surface area contributed by atoms with Crippen molar-refractivity contribution in [3.05, 3.63) is 24.3 Å². The van der Waals surface area contributed by atoms with E-state index in [1.54, 1.807) is 17.0 Å². The molecule has 2 N–H and O–H groups in total. The minimum absolute atomic E-state index is 0.143. The van der Waals surface area contributed by atoms with Gasteiger partial charge in [-0.25, -0.2) is 4.39 Å². The topological polar surface area (TPSA) is 38.5 Å². The fourth-order valence-electron chi connectivity index (χ4n) is 1.53. The van der Waals surface area contributed by atoms with Gasteiger partial charge in [0, 0.05) is 17.9 Å². The molecule has 0 radical (unpaired) electrons. The van der Waals surface area contributed by atoms with E-state index in [2.05, 4.69) is 0 Å². The number of hydrogen-bond donors (Lipinski definition) is 1. The van der Waals surface area contributed by atoms with Crippen molar-refractivity contribution in [2.24, 2.45) is 0 Å². The third-order valence-corrected chi connectivity index (χ3v) is 2.29. The maximum atomic E-state index is 13.4. The van der Waals surface area contributed by atoms with E-state index in [4.69, 9.17) is 10.5 Å². The van der Waals surface area contributed by atoms with Gasteiger partial charge in [-0.3, -0.25) is 0 Å². The average molecular weight is 196 g/mol. The van der Waals surface area contributed by atoms with Crippen molar-refractivity contribution in [3.63, 3.8) is 0 Å². The van der Waals surface area contributed by atoms with Crippen LogP contribution in [0.2, 0.25) is 0 Å². The fourth-order valence-corrected chi connectivity index (χ4v) is 1.53. The minimum atomic E-state index is -1.05. The summed E-state index contributed by atoms with van der Waals surface area (Å²) in [6, 6.07) is 7.20. The molecule has 0 spiro atoms. The Morgan fingerprint density at radius 3 is 2.71 bits per heavy atom. The molecular weight excluding hydrogens is 183 g/mol. The lowest BCUT2D eigenvalue weighted by atomic mass is 10.2. The van der Waals surface area contributed by atoms with Crippen LogP contribution in [0.25, 0.3) is 0 Å². The Balaban J connectivity index is 2.16. The SMILES string of the molecule is Nc1ccc(N2CCOCC2F)cc1. The maximum Gasteiger partial charge on any atom is 0.196 e. The highest BCUT2D eigenvalue weighted by Crippen LogP contribution is 2.21. The van der Waals surface area contributed by atoms with Gasteiger partial charge in [-0.15, -0.1) is 0 Å². The highest BCUT2D eigenvalue weighted by Gasteiger charge is 2.21. The van der Waals surface area contributed by atoms with E-state index in [0.717, 1.165) is 5.69 Å². The molecule has 1 aromatic rings. The molecule has 1 saturated heterocycles. The monoisotopic (exact) mass is 196 g/mol. The van der Waals surface area contributed by atoms with Gasteiger partial charge in [0.05, 0.1) is 13.2 Å². The Morgan fingerprint density at radius 1 is 1.36 bits per heavy atom. The molecule has 3 nitrogen and oxygen atoms in total. The van der Waals surface area contributed by atoms with Crippen LogP contribution < -0.4 is 10.6 Å². The summed E-state index contributed by atoms with van der Waals surface area (Å²) in [4.78, 5) is 1.68. The van der Waals surface area contributed by atoms with Crippen LogP contribution in [0.1, 0.15) is 0 Å². The Kier molecular flexibility index (Phi) is 2.54. The summed E-state index contributed by atoms with van der Waals surface area (Å²) in [5.41, 5.74) is 7.10. The van der Waals surface area contributed by atoms with E-state index in [9.17, 15) is 4.39 Å². The molecule has 4 heteroatoms. The van der Waals surface area contributed by atoms with Gasteiger partial charge < -0.3 is 15.4 Å². The van der Waals surface area contributed by atoms with E-state index < -0.39 is 6.30 Å². The highest BCUT2D eigenvalue weighted by molar-refractivity contribution is 5.53. The number of nitrogen functional groups attached to an aromatic ring is 1. The number of benzene rings is 1. The number of nitrogens with zero attached hydrogens (tertiary/aromatic N) is 1. The van der Waals surface area contributed by atoms with Gasteiger partial charge in [0.1, 0.15) is 0 Å². The van der Waals surface area contributed by atoms with Crippen molar-refractivity contribution in [1.29, 1.82) is 0 Å².